The Kier molecular flexibility index (Phi) is 5.08. The molecule has 1 aromatic carbocycles. The Labute approximate surface area is 114 Å². The molecular weight excluding hydrogens is 238 g/mol. The molecule has 0 saturated carbocycles. The molecular formula is C15H21N3O. The Hall–Kier alpha value is -1.86. The quantitative estimate of drug-likeness (QED) is 0.850. The number of carbonyl (C=O) groups excluding carboxylic acids is 1. The third-order valence-electron chi connectivity index (χ3n) is 3.67. The van der Waals surface area contributed by atoms with Crippen LogP contribution < -0.4 is 11.1 Å². The summed E-state index contributed by atoms with van der Waals surface area (Å²) in [7, 11) is 0. The van der Waals surface area contributed by atoms with Crippen LogP contribution in [-0.4, -0.2) is 12.5 Å². The number of nitrogens with two attached hydrogens (primary N) is 1. The van der Waals surface area contributed by atoms with Crippen molar-refractivity contribution in [1.29, 1.82) is 5.26 Å². The first-order valence-electron chi connectivity index (χ1n) is 6.48. The SMILES string of the molecule is CCC(C)(CN)C(=O)NC(C)c1ccc(C#N)cc1. The predicted molar refractivity (Wildman–Crippen MR) is 75.2 cm³/mol. The zero-order chi connectivity index (χ0) is 14.5. The van der Waals surface area contributed by atoms with Crippen LogP contribution in [0.5, 0.6) is 0 Å². The lowest BCUT2D eigenvalue weighted by Gasteiger charge is -2.27. The van der Waals surface area contributed by atoms with Gasteiger partial charge < -0.3 is 11.1 Å². The molecule has 19 heavy (non-hydrogen) atoms. The Bertz CT molecular complexity index is 469. The van der Waals surface area contributed by atoms with E-state index in [1.165, 1.54) is 0 Å². The summed E-state index contributed by atoms with van der Waals surface area (Å²) in [5.74, 6) is -0.0330. The van der Waals surface area contributed by atoms with E-state index >= 15 is 0 Å². The standard InChI is InChI=1S/C15H21N3O/c1-4-15(3,10-17)14(19)18-11(2)13-7-5-12(9-16)6-8-13/h5-8,11H,4,10,17H2,1-3H3,(H,18,19). The Morgan fingerprint density at radius 3 is 2.47 bits per heavy atom. The first-order chi connectivity index (χ1) is 8.96. The number of carbonyl (C=O) groups is 1. The number of nitrogens with one attached hydrogen (secondary N) is 1. The van der Waals surface area contributed by atoms with E-state index in [0.717, 1.165) is 5.56 Å². The van der Waals surface area contributed by atoms with Crippen LogP contribution in [0.1, 0.15) is 44.4 Å². The van der Waals surface area contributed by atoms with Crippen LogP contribution in [0.4, 0.5) is 0 Å². The fourth-order valence-corrected chi connectivity index (χ4v) is 1.70. The highest BCUT2D eigenvalue weighted by Gasteiger charge is 2.30. The maximum atomic E-state index is 12.2. The summed E-state index contributed by atoms with van der Waals surface area (Å²) in [6, 6.07) is 9.19. The summed E-state index contributed by atoms with van der Waals surface area (Å²) in [5.41, 5.74) is 6.74. The zero-order valence-corrected chi connectivity index (χ0v) is 11.7. The van der Waals surface area contributed by atoms with Gasteiger partial charge in [0.15, 0.2) is 0 Å². The minimum atomic E-state index is -0.527. The topological polar surface area (TPSA) is 78.9 Å². The van der Waals surface area contributed by atoms with E-state index in [1.54, 1.807) is 12.1 Å². The van der Waals surface area contributed by atoms with Gasteiger partial charge in [-0.2, -0.15) is 5.26 Å². The number of amides is 1. The molecule has 0 fully saturated rings. The van der Waals surface area contributed by atoms with Crippen molar-refractivity contribution in [2.45, 2.75) is 33.2 Å². The van der Waals surface area contributed by atoms with Crippen LogP contribution in [0, 0.1) is 16.7 Å². The molecule has 0 aliphatic rings. The average molecular weight is 259 g/mol. The van der Waals surface area contributed by atoms with E-state index < -0.39 is 5.41 Å². The molecule has 4 heteroatoms. The van der Waals surface area contributed by atoms with Crippen molar-refractivity contribution in [3.05, 3.63) is 35.4 Å². The van der Waals surface area contributed by atoms with Gasteiger partial charge in [0.05, 0.1) is 23.1 Å². The number of hydrogen-bond donors (Lipinski definition) is 2. The molecule has 0 heterocycles. The fraction of sp³-hybridized carbons (Fsp3) is 0.467. The molecule has 3 N–H and O–H groups in total. The smallest absolute Gasteiger partial charge is 0.227 e. The molecule has 0 saturated heterocycles. The molecule has 0 aliphatic heterocycles. The molecule has 1 amide bonds. The lowest BCUT2D eigenvalue weighted by atomic mass is 9.86. The monoisotopic (exact) mass is 259 g/mol. The summed E-state index contributed by atoms with van der Waals surface area (Å²) in [5, 5.41) is 11.7. The van der Waals surface area contributed by atoms with E-state index in [1.807, 2.05) is 32.9 Å². The first-order valence-corrected chi connectivity index (χ1v) is 6.48. The van der Waals surface area contributed by atoms with Gasteiger partial charge in [-0.1, -0.05) is 19.1 Å². The van der Waals surface area contributed by atoms with Crippen molar-refractivity contribution in [2.24, 2.45) is 11.1 Å². The van der Waals surface area contributed by atoms with Gasteiger partial charge in [-0.15, -0.1) is 0 Å². The van der Waals surface area contributed by atoms with Crippen LogP contribution in [0.15, 0.2) is 24.3 Å². The molecule has 102 valence electrons. The van der Waals surface area contributed by atoms with Crippen LogP contribution in [0.3, 0.4) is 0 Å². The highest BCUT2D eigenvalue weighted by atomic mass is 16.2. The summed E-state index contributed by atoms with van der Waals surface area (Å²) >= 11 is 0. The number of nitrogens with zero attached hydrogens (tertiary/aromatic N) is 1. The van der Waals surface area contributed by atoms with Gasteiger partial charge in [-0.25, -0.2) is 0 Å². The van der Waals surface area contributed by atoms with Crippen molar-refractivity contribution >= 4 is 5.91 Å². The van der Waals surface area contributed by atoms with Gasteiger partial charge in [0.1, 0.15) is 0 Å². The second-order valence-corrected chi connectivity index (χ2v) is 5.05. The molecule has 4 nitrogen and oxygen atoms in total. The second kappa shape index (κ2) is 6.35. The van der Waals surface area contributed by atoms with Crippen molar-refractivity contribution in [3.63, 3.8) is 0 Å². The van der Waals surface area contributed by atoms with Crippen molar-refractivity contribution in [3.8, 4) is 6.07 Å². The molecule has 0 spiro atoms. The fourth-order valence-electron chi connectivity index (χ4n) is 1.70. The maximum absolute atomic E-state index is 12.2. The predicted octanol–water partition coefficient (Wildman–Crippen LogP) is 2.11. The number of nitriles is 1. The van der Waals surface area contributed by atoms with Crippen LogP contribution in [0.2, 0.25) is 0 Å². The highest BCUT2D eigenvalue weighted by molar-refractivity contribution is 5.82. The van der Waals surface area contributed by atoms with E-state index in [9.17, 15) is 4.79 Å². The number of hydrogen-bond acceptors (Lipinski definition) is 3. The summed E-state index contributed by atoms with van der Waals surface area (Å²) in [4.78, 5) is 12.2. The third kappa shape index (κ3) is 3.55. The largest absolute Gasteiger partial charge is 0.349 e. The van der Waals surface area contributed by atoms with Gasteiger partial charge in [0.2, 0.25) is 5.91 Å². The van der Waals surface area contributed by atoms with Gasteiger partial charge in [0.25, 0.3) is 0 Å². The van der Waals surface area contributed by atoms with Crippen LogP contribution >= 0.6 is 0 Å². The Morgan fingerprint density at radius 1 is 1.47 bits per heavy atom. The van der Waals surface area contributed by atoms with Crippen molar-refractivity contribution in [2.75, 3.05) is 6.54 Å². The summed E-state index contributed by atoms with van der Waals surface area (Å²) < 4.78 is 0. The third-order valence-corrected chi connectivity index (χ3v) is 3.67. The zero-order valence-electron chi connectivity index (χ0n) is 11.7. The molecule has 0 bridgehead atoms. The van der Waals surface area contributed by atoms with Crippen LogP contribution in [-0.2, 0) is 4.79 Å². The van der Waals surface area contributed by atoms with Gasteiger partial charge in [-0.05, 0) is 38.0 Å². The number of rotatable bonds is 5. The summed E-state index contributed by atoms with van der Waals surface area (Å²) in [6.07, 6.45) is 0.704. The second-order valence-electron chi connectivity index (χ2n) is 5.05. The number of benzene rings is 1. The van der Waals surface area contributed by atoms with Crippen molar-refractivity contribution < 1.29 is 4.79 Å². The molecule has 1 aromatic rings. The normalized spacial score (nSPS) is 15.1. The molecule has 0 aliphatic carbocycles. The van der Waals surface area contributed by atoms with Gasteiger partial charge in [-0.3, -0.25) is 4.79 Å². The highest BCUT2D eigenvalue weighted by Crippen LogP contribution is 2.22. The lowest BCUT2D eigenvalue weighted by molar-refractivity contribution is -0.130. The summed E-state index contributed by atoms with van der Waals surface area (Å²) in [6.45, 7) is 6.08. The average Bonchev–Trinajstić information content (AvgIpc) is 2.46. The molecule has 0 radical (unpaired) electrons. The molecule has 1 rings (SSSR count). The first kappa shape index (κ1) is 15.2. The Morgan fingerprint density at radius 2 is 2.05 bits per heavy atom. The Balaban J connectivity index is 2.76. The van der Waals surface area contributed by atoms with Crippen LogP contribution in [0.25, 0.3) is 0 Å². The maximum Gasteiger partial charge on any atom is 0.227 e. The van der Waals surface area contributed by atoms with Crippen molar-refractivity contribution in [1.82, 2.24) is 5.32 Å². The molecule has 2 unspecified atom stereocenters. The minimum absolute atomic E-state index is 0.0330. The van der Waals surface area contributed by atoms with E-state index in [2.05, 4.69) is 11.4 Å². The van der Waals surface area contributed by atoms with E-state index in [-0.39, 0.29) is 11.9 Å². The van der Waals surface area contributed by atoms with Gasteiger partial charge in [0, 0.05) is 6.54 Å². The van der Waals surface area contributed by atoms with E-state index in [4.69, 9.17) is 11.0 Å². The van der Waals surface area contributed by atoms with E-state index in [0.29, 0.717) is 18.5 Å². The molecule has 0 aromatic heterocycles. The minimum Gasteiger partial charge on any atom is -0.349 e. The molecule has 2 atom stereocenters. The lowest BCUT2D eigenvalue weighted by Crippen LogP contribution is -2.44. The van der Waals surface area contributed by atoms with Gasteiger partial charge >= 0.3 is 0 Å².